The first-order chi connectivity index (χ1) is 47.1. The smallest absolute Gasteiger partial charge is 0.143 e. The Kier molecular flexibility index (Phi) is 15.5. The van der Waals surface area contributed by atoms with Crippen molar-refractivity contribution in [1.29, 1.82) is 0 Å². The van der Waals surface area contributed by atoms with Crippen LogP contribution in [0.2, 0.25) is 0 Å². The summed E-state index contributed by atoms with van der Waals surface area (Å²) in [5.74, 6) is 1.51. The van der Waals surface area contributed by atoms with Crippen molar-refractivity contribution < 1.29 is 13.3 Å². The average molecular weight is 1240 g/mol. The lowest BCUT2D eigenvalue weighted by molar-refractivity contribution is 0.668. The van der Waals surface area contributed by atoms with E-state index in [0.29, 0.717) is 17.8 Å². The van der Waals surface area contributed by atoms with Crippen LogP contribution in [-0.4, -0.2) is 0 Å². The minimum absolute atomic E-state index is 0.501. The van der Waals surface area contributed by atoms with Gasteiger partial charge in [-0.05, 0) is 170 Å². The molecule has 0 bridgehead atoms. The van der Waals surface area contributed by atoms with E-state index < -0.39 is 0 Å². The summed E-state index contributed by atoms with van der Waals surface area (Å²) in [6, 6.07) is 111. The molecule has 0 aliphatic rings. The predicted octanol–water partition coefficient (Wildman–Crippen LogP) is 27.6. The highest BCUT2D eigenvalue weighted by atomic mass is 16.3. The summed E-state index contributed by atoms with van der Waals surface area (Å²) in [4.78, 5) is 0. The predicted molar refractivity (Wildman–Crippen MR) is 409 cm³/mol. The molecule has 0 amide bonds. The van der Waals surface area contributed by atoms with Gasteiger partial charge in [0.05, 0.1) is 0 Å². The summed E-state index contributed by atoms with van der Waals surface area (Å²) in [6.45, 7) is 13.6. The second-order valence-electron chi connectivity index (χ2n) is 26.3. The van der Waals surface area contributed by atoms with Gasteiger partial charge >= 0.3 is 0 Å². The fraction of sp³-hybridized carbons (Fsp3) is 0.0968. The van der Waals surface area contributed by atoms with Crippen LogP contribution in [0.5, 0.6) is 0 Å². The maximum Gasteiger partial charge on any atom is 0.143 e. The molecule has 0 unspecified atom stereocenters. The molecule has 0 atom stereocenters. The number of furan rings is 3. The molecule has 462 valence electrons. The Balaban J connectivity index is 0.000000113. The van der Waals surface area contributed by atoms with Crippen LogP contribution in [0.15, 0.2) is 323 Å². The molecule has 0 aliphatic heterocycles. The van der Waals surface area contributed by atoms with Crippen molar-refractivity contribution in [2.75, 3.05) is 0 Å². The zero-order valence-electron chi connectivity index (χ0n) is 54.9. The quantitative estimate of drug-likeness (QED) is 0.145. The Morgan fingerprint density at radius 1 is 0.177 bits per heavy atom. The highest BCUT2D eigenvalue weighted by Crippen LogP contribution is 2.42. The van der Waals surface area contributed by atoms with Crippen LogP contribution in [0.4, 0.5) is 0 Å². The maximum atomic E-state index is 6.25. The van der Waals surface area contributed by atoms with Crippen LogP contribution in [0.25, 0.3) is 165 Å². The van der Waals surface area contributed by atoms with Crippen molar-refractivity contribution in [3.63, 3.8) is 0 Å². The molecule has 0 N–H and O–H groups in total. The van der Waals surface area contributed by atoms with Crippen molar-refractivity contribution in [2.45, 2.75) is 59.3 Å². The number of rotatable bonds is 9. The maximum absolute atomic E-state index is 6.25. The van der Waals surface area contributed by atoms with Crippen LogP contribution in [0.1, 0.15) is 76.0 Å². The SMILES string of the molecule is CC(C)c1ccc(-c2ccc(-c3ccc4c(c3)oc3ccccc34)cc2)c2ccccc12.CC(C)c1ccc(-c2ccc(-c3ccc4oc5ccccc5c4c3)cc2)c2ccccc12.CC(C)c1ccc(-c2ccc(-c3cccc4c3oc3ccccc34)cc2)c2ccccc12. The van der Waals surface area contributed by atoms with Gasteiger partial charge < -0.3 is 13.3 Å². The Morgan fingerprint density at radius 3 is 0.927 bits per heavy atom. The summed E-state index contributed by atoms with van der Waals surface area (Å²) < 4.78 is 18.3. The number of hydrogen-bond donors (Lipinski definition) is 0. The molecule has 0 saturated heterocycles. The lowest BCUT2D eigenvalue weighted by Crippen LogP contribution is -1.91. The third-order valence-electron chi connectivity index (χ3n) is 19.5. The van der Waals surface area contributed by atoms with Crippen LogP contribution in [0, 0.1) is 0 Å². The third-order valence-corrected chi connectivity index (χ3v) is 19.5. The first-order valence-corrected chi connectivity index (χ1v) is 33.7. The number of hydrogen-bond acceptors (Lipinski definition) is 3. The molecular weight excluding hydrogens is 1170 g/mol. The van der Waals surface area contributed by atoms with Crippen molar-refractivity contribution in [3.05, 3.63) is 326 Å². The van der Waals surface area contributed by atoms with E-state index in [-0.39, 0.29) is 0 Å². The zero-order chi connectivity index (χ0) is 65.0. The standard InChI is InChI=1S/3C31H24O/c1-20(2)23-18-19-24(27-9-4-3-8-26(23)27)21-14-16-22(17-15-21)25-11-7-12-29-28-10-5-6-13-30(28)32-31(25)29;1-20(2)24-16-17-25(27-8-4-3-7-26(24)27)22-13-11-21(12-14-22)23-15-18-31-29(19-23)28-9-5-6-10-30(28)32-31;1-20(2)24-17-18-25(27-8-4-3-7-26(24)27)22-13-11-21(12-14-22)23-15-16-29-28-9-5-6-10-30(28)32-31(29)19-23/h3*3-20H,1-2H3. The molecule has 96 heavy (non-hydrogen) atoms. The molecule has 0 radical (unpaired) electrons. The molecular formula is C93H72O3. The average Bonchev–Trinajstić information content (AvgIpc) is 1.55. The van der Waals surface area contributed by atoms with E-state index in [1.54, 1.807) is 0 Å². The van der Waals surface area contributed by atoms with E-state index >= 15 is 0 Å². The van der Waals surface area contributed by atoms with E-state index in [4.69, 9.17) is 13.3 Å². The first-order valence-electron chi connectivity index (χ1n) is 33.7. The van der Waals surface area contributed by atoms with Crippen LogP contribution < -0.4 is 0 Å². The highest BCUT2D eigenvalue weighted by molar-refractivity contribution is 6.11. The molecule has 18 rings (SSSR count). The van der Waals surface area contributed by atoms with Crippen LogP contribution in [0.3, 0.4) is 0 Å². The molecule has 15 aromatic carbocycles. The largest absolute Gasteiger partial charge is 0.456 e. The Hall–Kier alpha value is -11.5. The molecule has 18 aromatic rings. The first kappa shape index (κ1) is 59.5. The van der Waals surface area contributed by atoms with Crippen LogP contribution in [-0.2, 0) is 0 Å². The number of para-hydroxylation sites is 4. The summed E-state index contributed by atoms with van der Waals surface area (Å²) in [7, 11) is 0. The minimum Gasteiger partial charge on any atom is -0.456 e. The van der Waals surface area contributed by atoms with E-state index in [1.165, 1.54) is 116 Å². The third kappa shape index (κ3) is 11.0. The fourth-order valence-corrected chi connectivity index (χ4v) is 14.5. The van der Waals surface area contributed by atoms with Gasteiger partial charge in [-0.3, -0.25) is 0 Å². The molecule has 0 aliphatic carbocycles. The van der Waals surface area contributed by atoms with Gasteiger partial charge in [-0.2, -0.15) is 0 Å². The molecule has 3 heteroatoms. The van der Waals surface area contributed by atoms with Crippen molar-refractivity contribution in [3.8, 4) is 66.8 Å². The van der Waals surface area contributed by atoms with Crippen molar-refractivity contribution >= 4 is 98.1 Å². The summed E-state index contributed by atoms with van der Waals surface area (Å²) >= 11 is 0. The van der Waals surface area contributed by atoms with Gasteiger partial charge in [-0.15, -0.1) is 0 Å². The minimum atomic E-state index is 0.501. The van der Waals surface area contributed by atoms with E-state index in [1.807, 2.05) is 36.4 Å². The molecule has 0 fully saturated rings. The van der Waals surface area contributed by atoms with Crippen molar-refractivity contribution in [1.82, 2.24) is 0 Å². The fourth-order valence-electron chi connectivity index (χ4n) is 14.5. The summed E-state index contributed by atoms with van der Waals surface area (Å²) in [5, 5.41) is 15.0. The van der Waals surface area contributed by atoms with E-state index in [0.717, 1.165) is 66.0 Å². The Labute approximate surface area is 560 Å². The molecule has 3 nitrogen and oxygen atoms in total. The number of benzene rings is 15. The normalized spacial score (nSPS) is 11.7. The summed E-state index contributed by atoms with van der Waals surface area (Å²) in [6.07, 6.45) is 0. The van der Waals surface area contributed by atoms with Gasteiger partial charge in [0.25, 0.3) is 0 Å². The molecule has 0 spiro atoms. The van der Waals surface area contributed by atoms with Gasteiger partial charge in [0.2, 0.25) is 0 Å². The van der Waals surface area contributed by atoms with Gasteiger partial charge in [-0.1, -0.05) is 308 Å². The van der Waals surface area contributed by atoms with E-state index in [2.05, 4.69) is 315 Å². The molecule has 0 saturated carbocycles. The van der Waals surface area contributed by atoms with E-state index in [9.17, 15) is 0 Å². The monoisotopic (exact) mass is 1240 g/mol. The lowest BCUT2D eigenvalue weighted by atomic mass is 9.90. The zero-order valence-corrected chi connectivity index (χ0v) is 54.9. The lowest BCUT2D eigenvalue weighted by Gasteiger charge is -2.14. The second kappa shape index (κ2) is 25.1. The Morgan fingerprint density at radius 2 is 0.479 bits per heavy atom. The van der Waals surface area contributed by atoms with Crippen LogP contribution >= 0.6 is 0 Å². The summed E-state index contributed by atoms with van der Waals surface area (Å²) in [5.41, 5.74) is 24.5. The molecule has 3 aromatic heterocycles. The number of fused-ring (bicyclic) bond motifs is 12. The van der Waals surface area contributed by atoms with Gasteiger partial charge in [0, 0.05) is 37.9 Å². The van der Waals surface area contributed by atoms with Gasteiger partial charge in [-0.25, -0.2) is 0 Å². The van der Waals surface area contributed by atoms with Gasteiger partial charge in [0.15, 0.2) is 0 Å². The Bertz CT molecular complexity index is 5890. The topological polar surface area (TPSA) is 39.4 Å². The highest BCUT2D eigenvalue weighted by Gasteiger charge is 2.17. The van der Waals surface area contributed by atoms with Gasteiger partial charge in [0.1, 0.15) is 33.5 Å². The van der Waals surface area contributed by atoms with Crippen molar-refractivity contribution in [2.24, 2.45) is 0 Å². The molecule has 3 heterocycles. The second-order valence-corrected chi connectivity index (χ2v) is 26.3.